The van der Waals surface area contributed by atoms with Crippen LogP contribution in [0.15, 0.2) is 40.9 Å². The quantitative estimate of drug-likeness (QED) is 0.852. The smallest absolute Gasteiger partial charge is 0.124 e. The third kappa shape index (κ3) is 3.56. The Morgan fingerprint density at radius 3 is 2.68 bits per heavy atom. The highest BCUT2D eigenvalue weighted by molar-refractivity contribution is 9.10. The summed E-state index contributed by atoms with van der Waals surface area (Å²) in [5.41, 5.74) is 9.33. The third-order valence-corrected chi connectivity index (χ3v) is 4.07. The van der Waals surface area contributed by atoms with Crippen molar-refractivity contribution >= 4 is 27.5 Å². The number of hydrogen-bond acceptors (Lipinski definition) is 1. The summed E-state index contributed by atoms with van der Waals surface area (Å²) in [6.07, 6.45) is 0.627. The molecule has 0 aliphatic rings. The summed E-state index contributed by atoms with van der Waals surface area (Å²) in [6, 6.07) is 10.2. The van der Waals surface area contributed by atoms with Crippen molar-refractivity contribution in [2.75, 3.05) is 0 Å². The zero-order chi connectivity index (χ0) is 14.0. The van der Waals surface area contributed by atoms with Gasteiger partial charge in [0.1, 0.15) is 5.82 Å². The minimum atomic E-state index is -0.261. The van der Waals surface area contributed by atoms with Gasteiger partial charge >= 0.3 is 0 Å². The number of benzene rings is 2. The number of aryl methyl sites for hydroxylation is 1. The maximum absolute atomic E-state index is 13.0. The Labute approximate surface area is 125 Å². The van der Waals surface area contributed by atoms with Crippen LogP contribution in [0.5, 0.6) is 0 Å². The summed E-state index contributed by atoms with van der Waals surface area (Å²) >= 11 is 9.36. The lowest BCUT2D eigenvalue weighted by Crippen LogP contribution is -2.15. The standard InChI is InChI=1S/C15H14BrClFN/c1-9-2-4-11(17)7-13(9)15(19)6-10-3-5-12(18)8-14(10)16/h2-5,7-8,15H,6,19H2,1H3. The summed E-state index contributed by atoms with van der Waals surface area (Å²) in [6.45, 7) is 2.01. The Morgan fingerprint density at radius 2 is 2.00 bits per heavy atom. The minimum absolute atomic E-state index is 0.166. The van der Waals surface area contributed by atoms with E-state index in [1.807, 2.05) is 25.1 Å². The van der Waals surface area contributed by atoms with Gasteiger partial charge in [-0.3, -0.25) is 0 Å². The van der Waals surface area contributed by atoms with E-state index in [9.17, 15) is 4.39 Å². The number of rotatable bonds is 3. The molecular formula is C15H14BrClFN. The highest BCUT2D eigenvalue weighted by Crippen LogP contribution is 2.26. The average Bonchev–Trinajstić information content (AvgIpc) is 2.35. The predicted octanol–water partition coefficient (Wildman–Crippen LogP) is 4.79. The van der Waals surface area contributed by atoms with Crippen LogP contribution in [0.2, 0.25) is 5.02 Å². The van der Waals surface area contributed by atoms with E-state index in [0.717, 1.165) is 21.2 Å². The monoisotopic (exact) mass is 341 g/mol. The van der Waals surface area contributed by atoms with Crippen molar-refractivity contribution < 1.29 is 4.39 Å². The van der Waals surface area contributed by atoms with Crippen molar-refractivity contribution in [2.45, 2.75) is 19.4 Å². The van der Waals surface area contributed by atoms with Crippen LogP contribution in [0.4, 0.5) is 4.39 Å². The summed E-state index contributed by atoms with van der Waals surface area (Å²) in [5.74, 6) is -0.261. The zero-order valence-corrected chi connectivity index (χ0v) is 12.8. The van der Waals surface area contributed by atoms with Gasteiger partial charge in [-0.05, 0) is 54.3 Å². The summed E-state index contributed by atoms with van der Waals surface area (Å²) < 4.78 is 13.8. The molecule has 2 rings (SSSR count). The maximum Gasteiger partial charge on any atom is 0.124 e. The first-order valence-electron chi connectivity index (χ1n) is 5.93. The molecule has 19 heavy (non-hydrogen) atoms. The van der Waals surface area contributed by atoms with E-state index in [1.54, 1.807) is 6.07 Å². The topological polar surface area (TPSA) is 26.0 Å². The fourth-order valence-corrected chi connectivity index (χ4v) is 2.74. The molecule has 0 heterocycles. The maximum atomic E-state index is 13.0. The Kier molecular flexibility index (Phi) is 4.61. The minimum Gasteiger partial charge on any atom is -0.324 e. The Balaban J connectivity index is 2.25. The van der Waals surface area contributed by atoms with Crippen molar-refractivity contribution in [1.82, 2.24) is 0 Å². The van der Waals surface area contributed by atoms with Gasteiger partial charge in [0.25, 0.3) is 0 Å². The molecule has 1 atom stereocenters. The lowest BCUT2D eigenvalue weighted by atomic mass is 9.96. The van der Waals surface area contributed by atoms with Crippen molar-refractivity contribution in [3.8, 4) is 0 Å². The molecule has 1 nitrogen and oxygen atoms in total. The van der Waals surface area contributed by atoms with Gasteiger partial charge in [0, 0.05) is 15.5 Å². The Morgan fingerprint density at radius 1 is 1.26 bits per heavy atom. The molecule has 1 unspecified atom stereocenters. The van der Waals surface area contributed by atoms with Crippen LogP contribution in [-0.4, -0.2) is 0 Å². The molecule has 0 saturated heterocycles. The average molecular weight is 343 g/mol. The molecule has 2 N–H and O–H groups in total. The Bertz CT molecular complexity index is 601. The first-order valence-corrected chi connectivity index (χ1v) is 7.10. The molecule has 0 bridgehead atoms. The molecular weight excluding hydrogens is 329 g/mol. The molecule has 100 valence electrons. The van der Waals surface area contributed by atoms with Crippen LogP contribution in [-0.2, 0) is 6.42 Å². The van der Waals surface area contributed by atoms with E-state index in [-0.39, 0.29) is 11.9 Å². The number of nitrogens with two attached hydrogens (primary N) is 1. The van der Waals surface area contributed by atoms with Crippen molar-refractivity contribution in [3.63, 3.8) is 0 Å². The molecule has 0 aromatic heterocycles. The fourth-order valence-electron chi connectivity index (χ4n) is 2.04. The molecule has 0 amide bonds. The molecule has 4 heteroatoms. The normalized spacial score (nSPS) is 12.5. The molecule has 2 aromatic carbocycles. The van der Waals surface area contributed by atoms with Gasteiger partial charge in [-0.2, -0.15) is 0 Å². The van der Waals surface area contributed by atoms with Crippen molar-refractivity contribution in [3.05, 3.63) is 68.4 Å². The van der Waals surface area contributed by atoms with Gasteiger partial charge in [0.15, 0.2) is 0 Å². The van der Waals surface area contributed by atoms with Gasteiger partial charge in [-0.15, -0.1) is 0 Å². The SMILES string of the molecule is Cc1ccc(Cl)cc1C(N)Cc1ccc(F)cc1Br. The second kappa shape index (κ2) is 6.04. The zero-order valence-electron chi connectivity index (χ0n) is 10.5. The molecule has 0 spiro atoms. The molecule has 0 fully saturated rings. The number of halogens is 3. The summed E-state index contributed by atoms with van der Waals surface area (Å²) in [4.78, 5) is 0. The first-order chi connectivity index (χ1) is 8.97. The highest BCUT2D eigenvalue weighted by atomic mass is 79.9. The van der Waals surface area contributed by atoms with E-state index < -0.39 is 0 Å². The van der Waals surface area contributed by atoms with Crippen LogP contribution in [0.25, 0.3) is 0 Å². The van der Waals surface area contributed by atoms with Gasteiger partial charge < -0.3 is 5.73 Å². The molecule has 0 radical (unpaired) electrons. The van der Waals surface area contributed by atoms with Crippen molar-refractivity contribution in [2.24, 2.45) is 5.73 Å². The highest BCUT2D eigenvalue weighted by Gasteiger charge is 2.12. The molecule has 0 saturated carbocycles. The third-order valence-electron chi connectivity index (χ3n) is 3.10. The summed E-state index contributed by atoms with van der Waals surface area (Å²) in [5, 5.41) is 0.675. The van der Waals surface area contributed by atoms with Crippen LogP contribution < -0.4 is 5.73 Å². The predicted molar refractivity (Wildman–Crippen MR) is 80.9 cm³/mol. The van der Waals surface area contributed by atoms with E-state index in [2.05, 4.69) is 15.9 Å². The fraction of sp³-hybridized carbons (Fsp3) is 0.200. The second-order valence-corrected chi connectivity index (χ2v) is 5.84. The summed E-state index contributed by atoms with van der Waals surface area (Å²) in [7, 11) is 0. The van der Waals surface area contributed by atoms with E-state index in [4.69, 9.17) is 17.3 Å². The van der Waals surface area contributed by atoms with Gasteiger partial charge in [-0.25, -0.2) is 4.39 Å². The van der Waals surface area contributed by atoms with E-state index in [0.29, 0.717) is 11.4 Å². The van der Waals surface area contributed by atoms with E-state index >= 15 is 0 Å². The van der Waals surface area contributed by atoms with E-state index in [1.165, 1.54) is 12.1 Å². The van der Waals surface area contributed by atoms with Gasteiger partial charge in [-0.1, -0.05) is 39.7 Å². The van der Waals surface area contributed by atoms with Crippen LogP contribution in [0.1, 0.15) is 22.7 Å². The largest absolute Gasteiger partial charge is 0.324 e. The first kappa shape index (κ1) is 14.5. The van der Waals surface area contributed by atoms with Crippen LogP contribution in [0, 0.1) is 12.7 Å². The lowest BCUT2D eigenvalue weighted by Gasteiger charge is -2.16. The number of hydrogen-bond donors (Lipinski definition) is 1. The van der Waals surface area contributed by atoms with Crippen LogP contribution in [0.3, 0.4) is 0 Å². The van der Waals surface area contributed by atoms with Crippen molar-refractivity contribution in [1.29, 1.82) is 0 Å². The van der Waals surface area contributed by atoms with Gasteiger partial charge in [0.05, 0.1) is 0 Å². The molecule has 0 aliphatic carbocycles. The van der Waals surface area contributed by atoms with Crippen LogP contribution >= 0.6 is 27.5 Å². The molecule has 0 aliphatic heterocycles. The second-order valence-electron chi connectivity index (χ2n) is 4.55. The Hall–Kier alpha value is -0.900. The molecule has 2 aromatic rings. The lowest BCUT2D eigenvalue weighted by molar-refractivity contribution is 0.624. The van der Waals surface area contributed by atoms with Gasteiger partial charge in [0.2, 0.25) is 0 Å².